The van der Waals surface area contributed by atoms with Gasteiger partial charge in [-0.1, -0.05) is 54.6 Å². The van der Waals surface area contributed by atoms with Gasteiger partial charge >= 0.3 is 0 Å². The van der Waals surface area contributed by atoms with Crippen LogP contribution in [-0.4, -0.2) is 68.4 Å². The molecule has 156 valence electrons. The molecule has 0 spiro atoms. The Balaban J connectivity index is 1.50. The fraction of sp³-hybridized carbons (Fsp3) is 0.333. The average Bonchev–Trinajstić information content (AvgIpc) is 3.24. The minimum absolute atomic E-state index is 0.109. The van der Waals surface area contributed by atoms with Crippen LogP contribution in [0.2, 0.25) is 0 Å². The van der Waals surface area contributed by atoms with Crippen molar-refractivity contribution in [3.63, 3.8) is 0 Å². The first-order valence-electron chi connectivity index (χ1n) is 11.2. The quantitative estimate of drug-likeness (QED) is 0.708. The monoisotopic (exact) mass is 410 g/mol. The number of hydrogen-bond acceptors (Lipinski definition) is 4. The third-order valence-corrected chi connectivity index (χ3v) is 6.81. The van der Waals surface area contributed by atoms with E-state index < -0.39 is 5.34 Å². The molecule has 7 heteroatoms. The highest BCUT2D eigenvalue weighted by molar-refractivity contribution is 6.42. The molecule has 0 saturated carbocycles. The number of hydrogen-bond donors (Lipinski definition) is 0. The van der Waals surface area contributed by atoms with E-state index in [-0.39, 0.29) is 5.91 Å². The number of guanidine groups is 1. The first-order valence-corrected chi connectivity index (χ1v) is 11.2. The lowest BCUT2D eigenvalue weighted by Crippen LogP contribution is -2.62. The van der Waals surface area contributed by atoms with E-state index in [9.17, 15) is 4.79 Å². The van der Waals surface area contributed by atoms with E-state index in [1.54, 1.807) is 0 Å². The van der Waals surface area contributed by atoms with Gasteiger partial charge in [-0.15, -0.1) is 0 Å². The van der Waals surface area contributed by atoms with Crippen LogP contribution in [0.15, 0.2) is 70.9 Å². The molecule has 5 nitrogen and oxygen atoms in total. The molecule has 3 aliphatic rings. The Kier molecular flexibility index (Phi) is 5.01. The van der Waals surface area contributed by atoms with Gasteiger partial charge in [-0.05, 0) is 23.6 Å². The fourth-order valence-electron chi connectivity index (χ4n) is 5.27. The molecule has 0 bridgehead atoms. The number of benzene rings is 2. The number of rotatable bonds is 4. The van der Waals surface area contributed by atoms with Gasteiger partial charge in [0, 0.05) is 43.6 Å². The standard InChI is InChI=1S/C24H28B2N4O/c1-17-7-5-6-10-20(17)24(25,26)30-22(31)19-16-28(15-18-8-3-2-4-9-18)13-11-21(19)29-14-12-27-23(29)30/h2-10H,11-16,25-26H2,1H3. The van der Waals surface area contributed by atoms with Crippen molar-refractivity contribution in [2.45, 2.75) is 25.2 Å². The van der Waals surface area contributed by atoms with Gasteiger partial charge in [0.1, 0.15) is 15.7 Å². The number of carbonyl (C=O) groups is 1. The second-order valence-electron chi connectivity index (χ2n) is 9.22. The molecule has 0 radical (unpaired) electrons. The summed E-state index contributed by atoms with van der Waals surface area (Å²) < 4.78 is 0. The fourth-order valence-corrected chi connectivity index (χ4v) is 5.27. The Morgan fingerprint density at radius 2 is 1.77 bits per heavy atom. The summed E-state index contributed by atoms with van der Waals surface area (Å²) in [6, 6.07) is 18.9. The third kappa shape index (κ3) is 3.41. The van der Waals surface area contributed by atoms with Crippen LogP contribution >= 0.6 is 0 Å². The van der Waals surface area contributed by atoms with Crippen molar-refractivity contribution in [2.24, 2.45) is 4.99 Å². The minimum Gasteiger partial charge on any atom is -0.314 e. The maximum atomic E-state index is 14.0. The number of amides is 1. The van der Waals surface area contributed by atoms with Gasteiger partial charge in [0.2, 0.25) is 5.96 Å². The SMILES string of the molecule is BC(B)(c1ccccc1C)N1C(=O)C2=C(CCN(Cc3ccccc3)C2)N2CCN=C21. The van der Waals surface area contributed by atoms with Crippen molar-refractivity contribution in [2.75, 3.05) is 26.2 Å². The van der Waals surface area contributed by atoms with Gasteiger partial charge in [-0.3, -0.25) is 19.6 Å². The molecule has 0 aromatic heterocycles. The maximum Gasteiger partial charge on any atom is 0.259 e. The highest BCUT2D eigenvalue weighted by atomic mass is 16.2. The van der Waals surface area contributed by atoms with Gasteiger partial charge in [0.05, 0.1) is 12.1 Å². The summed E-state index contributed by atoms with van der Waals surface area (Å²) in [6.45, 7) is 6.24. The van der Waals surface area contributed by atoms with Crippen molar-refractivity contribution < 1.29 is 4.79 Å². The van der Waals surface area contributed by atoms with Crippen LogP contribution < -0.4 is 0 Å². The first kappa shape index (κ1) is 20.1. The molecule has 0 aliphatic carbocycles. The summed E-state index contributed by atoms with van der Waals surface area (Å²) in [6.07, 6.45) is 0.894. The Labute approximate surface area is 186 Å². The van der Waals surface area contributed by atoms with Crippen molar-refractivity contribution in [1.82, 2.24) is 14.7 Å². The van der Waals surface area contributed by atoms with Crippen LogP contribution in [-0.2, 0) is 16.7 Å². The number of nitrogens with zero attached hydrogens (tertiary/aromatic N) is 4. The lowest BCUT2D eigenvalue weighted by Gasteiger charge is -2.48. The summed E-state index contributed by atoms with van der Waals surface area (Å²) in [4.78, 5) is 25.4. The van der Waals surface area contributed by atoms with Gasteiger partial charge in [0.25, 0.3) is 5.91 Å². The van der Waals surface area contributed by atoms with Crippen LogP contribution in [0.25, 0.3) is 0 Å². The average molecular weight is 410 g/mol. The zero-order valence-electron chi connectivity index (χ0n) is 18.6. The van der Waals surface area contributed by atoms with E-state index in [2.05, 4.69) is 80.9 Å². The molecular weight excluding hydrogens is 382 g/mol. The van der Waals surface area contributed by atoms with E-state index in [4.69, 9.17) is 4.99 Å². The molecule has 2 aromatic rings. The van der Waals surface area contributed by atoms with Crippen LogP contribution in [0.3, 0.4) is 0 Å². The van der Waals surface area contributed by atoms with Gasteiger partial charge < -0.3 is 4.90 Å². The van der Waals surface area contributed by atoms with E-state index in [0.717, 1.165) is 44.1 Å². The molecule has 1 amide bonds. The largest absolute Gasteiger partial charge is 0.314 e. The molecule has 3 heterocycles. The molecule has 0 atom stereocenters. The van der Waals surface area contributed by atoms with Crippen molar-refractivity contribution in [1.29, 1.82) is 0 Å². The maximum absolute atomic E-state index is 14.0. The summed E-state index contributed by atoms with van der Waals surface area (Å²) in [5, 5.41) is -0.482. The summed E-state index contributed by atoms with van der Waals surface area (Å²) in [7, 11) is 4.28. The summed E-state index contributed by atoms with van der Waals surface area (Å²) >= 11 is 0. The Morgan fingerprint density at radius 3 is 2.55 bits per heavy atom. The minimum atomic E-state index is -0.482. The number of fused-ring (bicyclic) bond motifs is 2. The van der Waals surface area contributed by atoms with Gasteiger partial charge in [0.15, 0.2) is 0 Å². The number of carbonyl (C=O) groups excluding carboxylic acids is 1. The molecular formula is C24H28B2N4O. The number of aliphatic imine (C=N–C) groups is 1. The normalized spacial score (nSPS) is 19.4. The molecule has 5 rings (SSSR count). The van der Waals surface area contributed by atoms with Crippen molar-refractivity contribution >= 4 is 27.6 Å². The second kappa shape index (κ2) is 7.72. The Bertz CT molecular complexity index is 1080. The summed E-state index contributed by atoms with van der Waals surface area (Å²) in [5.41, 5.74) is 5.76. The third-order valence-electron chi connectivity index (χ3n) is 6.81. The molecule has 3 aliphatic heterocycles. The lowest BCUT2D eigenvalue weighted by molar-refractivity contribution is -0.126. The van der Waals surface area contributed by atoms with E-state index >= 15 is 0 Å². The molecule has 31 heavy (non-hydrogen) atoms. The van der Waals surface area contributed by atoms with Crippen molar-refractivity contribution in [3.05, 3.63) is 82.6 Å². The highest BCUT2D eigenvalue weighted by Gasteiger charge is 2.47. The number of aryl methyl sites for hydroxylation is 1. The molecule has 0 fully saturated rings. The van der Waals surface area contributed by atoms with Gasteiger partial charge in [-0.2, -0.15) is 0 Å². The van der Waals surface area contributed by atoms with E-state index in [0.29, 0.717) is 6.54 Å². The smallest absolute Gasteiger partial charge is 0.259 e. The first-order chi connectivity index (χ1) is 15.0. The van der Waals surface area contributed by atoms with Crippen LogP contribution in [0.5, 0.6) is 0 Å². The lowest BCUT2D eigenvalue weighted by atomic mass is 9.55. The van der Waals surface area contributed by atoms with Crippen LogP contribution in [0.4, 0.5) is 0 Å². The zero-order chi connectivity index (χ0) is 21.6. The topological polar surface area (TPSA) is 39.2 Å². The van der Waals surface area contributed by atoms with E-state index in [1.807, 2.05) is 11.0 Å². The predicted octanol–water partition coefficient (Wildman–Crippen LogP) is 1.05. The molecule has 0 N–H and O–H groups in total. The Morgan fingerprint density at radius 1 is 1.03 bits per heavy atom. The van der Waals surface area contributed by atoms with Crippen molar-refractivity contribution in [3.8, 4) is 0 Å². The van der Waals surface area contributed by atoms with Crippen LogP contribution in [0, 0.1) is 6.92 Å². The van der Waals surface area contributed by atoms with Gasteiger partial charge in [-0.25, -0.2) is 0 Å². The highest BCUT2D eigenvalue weighted by Crippen LogP contribution is 2.36. The summed E-state index contributed by atoms with van der Waals surface area (Å²) in [5.74, 6) is 0.937. The second-order valence-corrected chi connectivity index (χ2v) is 9.22. The molecule has 0 saturated heterocycles. The van der Waals surface area contributed by atoms with E-state index in [1.165, 1.54) is 22.4 Å². The Hall–Kier alpha value is -2.79. The van der Waals surface area contributed by atoms with Crippen LogP contribution in [0.1, 0.15) is 23.1 Å². The molecule has 2 aromatic carbocycles. The zero-order valence-corrected chi connectivity index (χ0v) is 18.6. The predicted molar refractivity (Wildman–Crippen MR) is 129 cm³/mol. The molecule has 0 unspecified atom stereocenters.